The highest BCUT2D eigenvalue weighted by molar-refractivity contribution is 7.21. The number of carbonyl (C=O) groups excluding carboxylic acids is 1. The van der Waals surface area contributed by atoms with Crippen molar-refractivity contribution in [3.8, 4) is 11.3 Å². The van der Waals surface area contributed by atoms with Crippen LogP contribution in [0.2, 0.25) is 0 Å². The van der Waals surface area contributed by atoms with Gasteiger partial charge in [0.15, 0.2) is 0 Å². The Morgan fingerprint density at radius 3 is 3.11 bits per heavy atom. The minimum atomic E-state index is -0.332. The summed E-state index contributed by atoms with van der Waals surface area (Å²) in [5, 5.41) is 7.16. The third-order valence-corrected chi connectivity index (χ3v) is 3.68. The second kappa shape index (κ2) is 4.23. The number of aromatic nitrogens is 3. The monoisotopic (exact) mass is 259 g/mol. The summed E-state index contributed by atoms with van der Waals surface area (Å²) in [7, 11) is 1.37. The first-order valence-electron chi connectivity index (χ1n) is 5.26. The Bertz CT molecular complexity index is 703. The fourth-order valence-electron chi connectivity index (χ4n) is 1.72. The van der Waals surface area contributed by atoms with E-state index in [1.165, 1.54) is 18.4 Å². The van der Waals surface area contributed by atoms with Crippen LogP contribution in [0.5, 0.6) is 0 Å². The summed E-state index contributed by atoms with van der Waals surface area (Å²) in [6.07, 6.45) is 3.45. The summed E-state index contributed by atoms with van der Waals surface area (Å²) in [4.78, 5) is 16.1. The normalized spacial score (nSPS) is 10.7. The number of thiophene rings is 1. The first-order chi connectivity index (χ1) is 8.79. The predicted octanol–water partition coefficient (Wildman–Crippen LogP) is 2.47. The molecular formula is C12H9N3O2S. The zero-order chi connectivity index (χ0) is 12.5. The fraction of sp³-hybridized carbons (Fsp3) is 0.0833. The molecule has 0 fully saturated rings. The van der Waals surface area contributed by atoms with Gasteiger partial charge in [-0.3, -0.25) is 10.1 Å². The molecule has 1 N–H and O–H groups in total. The smallest absolute Gasteiger partial charge is 0.348 e. The minimum absolute atomic E-state index is 0.332. The van der Waals surface area contributed by atoms with E-state index in [1.54, 1.807) is 18.5 Å². The van der Waals surface area contributed by atoms with Crippen LogP contribution in [-0.2, 0) is 4.74 Å². The van der Waals surface area contributed by atoms with Gasteiger partial charge in [-0.1, -0.05) is 0 Å². The Balaban J connectivity index is 2.14. The van der Waals surface area contributed by atoms with E-state index in [2.05, 4.69) is 15.2 Å². The molecule has 0 aliphatic heterocycles. The molecule has 3 heterocycles. The Morgan fingerprint density at radius 2 is 2.39 bits per heavy atom. The number of H-pyrrole nitrogens is 1. The number of nitrogens with one attached hydrogen (secondary N) is 1. The molecule has 5 nitrogen and oxygen atoms in total. The summed E-state index contributed by atoms with van der Waals surface area (Å²) in [5.41, 5.74) is 2.56. The van der Waals surface area contributed by atoms with Crippen LogP contribution in [0.4, 0.5) is 0 Å². The number of fused-ring (bicyclic) bond motifs is 1. The van der Waals surface area contributed by atoms with Gasteiger partial charge >= 0.3 is 5.97 Å². The summed E-state index contributed by atoms with van der Waals surface area (Å²) >= 11 is 1.36. The zero-order valence-corrected chi connectivity index (χ0v) is 10.3. The molecule has 0 amide bonds. The Labute approximate surface area is 106 Å². The standard InChI is InChI=1S/C12H9N3O2S/c1-17-12(16)9-5-8-11(18-9)10(15-14-8)7-3-2-4-13-6-7/h2-6H,1H3,(H,14,15). The summed E-state index contributed by atoms with van der Waals surface area (Å²) in [6, 6.07) is 5.53. The molecule has 18 heavy (non-hydrogen) atoms. The Morgan fingerprint density at radius 1 is 1.50 bits per heavy atom. The number of rotatable bonds is 2. The number of hydrogen-bond acceptors (Lipinski definition) is 5. The van der Waals surface area contributed by atoms with E-state index in [4.69, 9.17) is 4.74 Å². The molecule has 3 aromatic rings. The van der Waals surface area contributed by atoms with E-state index in [0.717, 1.165) is 21.5 Å². The van der Waals surface area contributed by atoms with Crippen molar-refractivity contribution in [2.24, 2.45) is 0 Å². The van der Waals surface area contributed by atoms with Crippen LogP contribution in [0, 0.1) is 0 Å². The first-order valence-corrected chi connectivity index (χ1v) is 6.08. The Hall–Kier alpha value is -2.21. The fourth-order valence-corrected chi connectivity index (χ4v) is 2.75. The lowest BCUT2D eigenvalue weighted by molar-refractivity contribution is 0.0606. The highest BCUT2D eigenvalue weighted by Crippen LogP contribution is 2.32. The third-order valence-electron chi connectivity index (χ3n) is 2.56. The molecule has 0 aliphatic rings. The van der Waals surface area contributed by atoms with Gasteiger partial charge in [0.2, 0.25) is 0 Å². The molecule has 0 atom stereocenters. The molecule has 0 aromatic carbocycles. The third kappa shape index (κ3) is 1.67. The van der Waals surface area contributed by atoms with Gasteiger partial charge in [-0.2, -0.15) is 5.10 Å². The van der Waals surface area contributed by atoms with Crippen molar-refractivity contribution in [2.75, 3.05) is 7.11 Å². The van der Waals surface area contributed by atoms with Crippen LogP contribution >= 0.6 is 11.3 Å². The first kappa shape index (κ1) is 10.9. The summed E-state index contributed by atoms with van der Waals surface area (Å²) in [5.74, 6) is -0.332. The van der Waals surface area contributed by atoms with E-state index < -0.39 is 0 Å². The van der Waals surface area contributed by atoms with Gasteiger partial charge in [-0.15, -0.1) is 11.3 Å². The highest BCUT2D eigenvalue weighted by Gasteiger charge is 2.16. The van der Waals surface area contributed by atoms with Crippen molar-refractivity contribution >= 4 is 27.5 Å². The van der Waals surface area contributed by atoms with Gasteiger partial charge in [0, 0.05) is 18.0 Å². The van der Waals surface area contributed by atoms with E-state index >= 15 is 0 Å². The van der Waals surface area contributed by atoms with Gasteiger partial charge < -0.3 is 4.74 Å². The Kier molecular flexibility index (Phi) is 2.56. The zero-order valence-electron chi connectivity index (χ0n) is 9.51. The molecule has 0 radical (unpaired) electrons. The minimum Gasteiger partial charge on any atom is -0.465 e. The average Bonchev–Trinajstić information content (AvgIpc) is 2.98. The molecule has 0 unspecified atom stereocenters. The van der Waals surface area contributed by atoms with Crippen LogP contribution in [0.1, 0.15) is 9.67 Å². The van der Waals surface area contributed by atoms with E-state index in [9.17, 15) is 4.79 Å². The van der Waals surface area contributed by atoms with Crippen molar-refractivity contribution in [2.45, 2.75) is 0 Å². The van der Waals surface area contributed by atoms with Crippen LogP contribution in [0.3, 0.4) is 0 Å². The number of pyridine rings is 1. The SMILES string of the molecule is COC(=O)c1cc2[nH]nc(-c3cccnc3)c2s1. The molecule has 0 spiro atoms. The quantitative estimate of drug-likeness (QED) is 0.718. The molecule has 90 valence electrons. The molecule has 6 heteroatoms. The average molecular weight is 259 g/mol. The van der Waals surface area contributed by atoms with Gasteiger partial charge in [-0.05, 0) is 18.2 Å². The number of nitrogens with zero attached hydrogens (tertiary/aromatic N) is 2. The van der Waals surface area contributed by atoms with Crippen LogP contribution in [0.15, 0.2) is 30.6 Å². The van der Waals surface area contributed by atoms with Crippen molar-refractivity contribution in [3.05, 3.63) is 35.5 Å². The predicted molar refractivity (Wildman–Crippen MR) is 68.5 cm³/mol. The molecular weight excluding hydrogens is 250 g/mol. The topological polar surface area (TPSA) is 67.9 Å². The number of ether oxygens (including phenoxy) is 1. The lowest BCUT2D eigenvalue weighted by Gasteiger charge is -1.94. The van der Waals surface area contributed by atoms with Gasteiger partial charge in [0.1, 0.15) is 10.6 Å². The van der Waals surface area contributed by atoms with Crippen LogP contribution in [0.25, 0.3) is 21.5 Å². The van der Waals surface area contributed by atoms with E-state index in [-0.39, 0.29) is 5.97 Å². The van der Waals surface area contributed by atoms with Gasteiger partial charge in [-0.25, -0.2) is 4.79 Å². The van der Waals surface area contributed by atoms with E-state index in [0.29, 0.717) is 4.88 Å². The lowest BCUT2D eigenvalue weighted by atomic mass is 10.2. The summed E-state index contributed by atoms with van der Waals surface area (Å²) < 4.78 is 5.64. The maximum absolute atomic E-state index is 11.5. The maximum Gasteiger partial charge on any atom is 0.348 e. The van der Waals surface area contributed by atoms with Gasteiger partial charge in [0.05, 0.1) is 17.3 Å². The van der Waals surface area contributed by atoms with E-state index in [1.807, 2.05) is 12.1 Å². The number of aromatic amines is 1. The second-order valence-electron chi connectivity index (χ2n) is 3.66. The largest absolute Gasteiger partial charge is 0.465 e. The number of esters is 1. The molecule has 3 aromatic heterocycles. The molecule has 0 saturated carbocycles. The molecule has 0 bridgehead atoms. The van der Waals surface area contributed by atoms with Crippen molar-refractivity contribution in [1.82, 2.24) is 15.2 Å². The van der Waals surface area contributed by atoms with Crippen molar-refractivity contribution in [3.63, 3.8) is 0 Å². The summed E-state index contributed by atoms with van der Waals surface area (Å²) in [6.45, 7) is 0. The highest BCUT2D eigenvalue weighted by atomic mass is 32.1. The van der Waals surface area contributed by atoms with Crippen LogP contribution in [-0.4, -0.2) is 28.3 Å². The lowest BCUT2D eigenvalue weighted by Crippen LogP contribution is -1.96. The van der Waals surface area contributed by atoms with Crippen molar-refractivity contribution in [1.29, 1.82) is 0 Å². The van der Waals surface area contributed by atoms with Gasteiger partial charge in [0.25, 0.3) is 0 Å². The number of hydrogen-bond donors (Lipinski definition) is 1. The number of carbonyl (C=O) groups is 1. The molecule has 0 saturated heterocycles. The molecule has 0 aliphatic carbocycles. The van der Waals surface area contributed by atoms with Crippen LogP contribution < -0.4 is 0 Å². The number of methoxy groups -OCH3 is 1. The molecule has 3 rings (SSSR count). The second-order valence-corrected chi connectivity index (χ2v) is 4.71. The van der Waals surface area contributed by atoms with Crippen molar-refractivity contribution < 1.29 is 9.53 Å². The maximum atomic E-state index is 11.5.